The Balaban J connectivity index is 2.65. The molecule has 0 aliphatic heterocycles. The number of aryl methyl sites for hydroxylation is 2. The van der Waals surface area contributed by atoms with E-state index in [2.05, 4.69) is 10.4 Å². The van der Waals surface area contributed by atoms with Crippen molar-refractivity contribution in [1.82, 2.24) is 15.1 Å². The van der Waals surface area contributed by atoms with E-state index in [4.69, 9.17) is 5.11 Å². The van der Waals surface area contributed by atoms with Crippen molar-refractivity contribution in [2.24, 2.45) is 7.05 Å². The number of hydrogen-bond donors (Lipinski definition) is 2. The highest BCUT2D eigenvalue weighted by Gasteiger charge is 2.12. The molecule has 1 aromatic heterocycles. The lowest BCUT2D eigenvalue weighted by Gasteiger charge is -2.05. The third-order valence-electron chi connectivity index (χ3n) is 1.82. The zero-order chi connectivity index (χ0) is 10.7. The molecule has 0 aliphatic carbocycles. The first-order chi connectivity index (χ1) is 6.50. The maximum absolute atomic E-state index is 11.5. The Labute approximate surface area is 82.7 Å². The first-order valence-corrected chi connectivity index (χ1v) is 4.47. The number of hydrogen-bond acceptors (Lipinski definition) is 3. The van der Waals surface area contributed by atoms with Crippen LogP contribution in [-0.4, -0.2) is 33.4 Å². The quantitative estimate of drug-likeness (QED) is 0.707. The van der Waals surface area contributed by atoms with Gasteiger partial charge in [-0.15, -0.1) is 0 Å². The molecule has 1 rings (SSSR count). The van der Waals surface area contributed by atoms with Gasteiger partial charge in [0.25, 0.3) is 5.91 Å². The molecule has 0 radical (unpaired) electrons. The van der Waals surface area contributed by atoms with Crippen LogP contribution < -0.4 is 5.32 Å². The fourth-order valence-electron chi connectivity index (χ4n) is 1.16. The van der Waals surface area contributed by atoms with Gasteiger partial charge in [0.15, 0.2) is 0 Å². The number of carbonyl (C=O) groups is 1. The highest BCUT2D eigenvalue weighted by molar-refractivity contribution is 5.94. The van der Waals surface area contributed by atoms with Gasteiger partial charge in [0.05, 0.1) is 17.4 Å². The summed E-state index contributed by atoms with van der Waals surface area (Å²) >= 11 is 0. The fourth-order valence-corrected chi connectivity index (χ4v) is 1.16. The van der Waals surface area contributed by atoms with Crippen molar-refractivity contribution < 1.29 is 9.90 Å². The third-order valence-corrected chi connectivity index (χ3v) is 1.82. The normalized spacial score (nSPS) is 12.6. The monoisotopic (exact) mass is 197 g/mol. The van der Waals surface area contributed by atoms with Crippen LogP contribution in [0, 0.1) is 6.92 Å². The van der Waals surface area contributed by atoms with Crippen LogP contribution in [0.1, 0.15) is 23.0 Å². The highest BCUT2D eigenvalue weighted by Crippen LogP contribution is 2.03. The Morgan fingerprint density at radius 1 is 1.79 bits per heavy atom. The SMILES string of the molecule is Cc1nn(C)cc1C(=O)NCC(C)O. The Morgan fingerprint density at radius 2 is 2.43 bits per heavy atom. The summed E-state index contributed by atoms with van der Waals surface area (Å²) in [5.74, 6) is -0.198. The molecule has 1 aromatic rings. The van der Waals surface area contributed by atoms with Crippen LogP contribution in [0.4, 0.5) is 0 Å². The molecule has 0 fully saturated rings. The van der Waals surface area contributed by atoms with Gasteiger partial charge >= 0.3 is 0 Å². The minimum atomic E-state index is -0.532. The Morgan fingerprint density at radius 3 is 2.86 bits per heavy atom. The van der Waals surface area contributed by atoms with E-state index in [0.29, 0.717) is 11.3 Å². The molecule has 1 heterocycles. The van der Waals surface area contributed by atoms with Crippen molar-refractivity contribution in [2.45, 2.75) is 20.0 Å². The van der Waals surface area contributed by atoms with Crippen LogP contribution in [0.2, 0.25) is 0 Å². The molecule has 1 atom stereocenters. The maximum Gasteiger partial charge on any atom is 0.254 e. The Kier molecular flexibility index (Phi) is 3.24. The minimum Gasteiger partial charge on any atom is -0.392 e. The smallest absolute Gasteiger partial charge is 0.254 e. The van der Waals surface area contributed by atoms with E-state index >= 15 is 0 Å². The van der Waals surface area contributed by atoms with E-state index in [9.17, 15) is 4.79 Å². The molecule has 1 amide bonds. The average molecular weight is 197 g/mol. The second-order valence-corrected chi connectivity index (χ2v) is 3.36. The highest BCUT2D eigenvalue weighted by atomic mass is 16.3. The van der Waals surface area contributed by atoms with Crippen LogP contribution >= 0.6 is 0 Å². The van der Waals surface area contributed by atoms with Crippen LogP contribution in [0.5, 0.6) is 0 Å². The topological polar surface area (TPSA) is 67.2 Å². The largest absolute Gasteiger partial charge is 0.392 e. The van der Waals surface area contributed by atoms with Crippen LogP contribution in [0.25, 0.3) is 0 Å². The summed E-state index contributed by atoms with van der Waals surface area (Å²) in [4.78, 5) is 11.5. The Bertz CT molecular complexity index is 331. The van der Waals surface area contributed by atoms with Gasteiger partial charge in [-0.2, -0.15) is 5.10 Å². The predicted molar refractivity (Wildman–Crippen MR) is 52.0 cm³/mol. The zero-order valence-corrected chi connectivity index (χ0v) is 8.61. The van der Waals surface area contributed by atoms with Crippen LogP contribution in [0.15, 0.2) is 6.20 Å². The van der Waals surface area contributed by atoms with Crippen molar-refractivity contribution in [1.29, 1.82) is 0 Å². The number of carbonyl (C=O) groups excluding carboxylic acids is 1. The molecule has 0 saturated heterocycles. The van der Waals surface area contributed by atoms with E-state index in [1.807, 2.05) is 0 Å². The fraction of sp³-hybridized carbons (Fsp3) is 0.556. The van der Waals surface area contributed by atoms with E-state index in [-0.39, 0.29) is 12.5 Å². The summed E-state index contributed by atoms with van der Waals surface area (Å²) in [6.45, 7) is 3.65. The lowest BCUT2D eigenvalue weighted by atomic mass is 10.2. The van der Waals surface area contributed by atoms with Gasteiger partial charge in [0.2, 0.25) is 0 Å². The predicted octanol–water partition coefficient (Wildman–Crippen LogP) is -0.161. The van der Waals surface area contributed by atoms with E-state index in [1.165, 1.54) is 0 Å². The van der Waals surface area contributed by atoms with Gasteiger partial charge in [-0.3, -0.25) is 9.48 Å². The second kappa shape index (κ2) is 4.23. The van der Waals surface area contributed by atoms with Crippen LogP contribution in [0.3, 0.4) is 0 Å². The molecular weight excluding hydrogens is 182 g/mol. The molecular formula is C9H15N3O2. The van der Waals surface area contributed by atoms with E-state index in [0.717, 1.165) is 0 Å². The molecule has 0 spiro atoms. The molecule has 14 heavy (non-hydrogen) atoms. The lowest BCUT2D eigenvalue weighted by Crippen LogP contribution is -2.30. The van der Waals surface area contributed by atoms with Crippen LogP contribution in [-0.2, 0) is 7.05 Å². The van der Waals surface area contributed by atoms with Gasteiger partial charge in [-0.05, 0) is 13.8 Å². The van der Waals surface area contributed by atoms with Crippen molar-refractivity contribution in [2.75, 3.05) is 6.54 Å². The van der Waals surface area contributed by atoms with Crippen molar-refractivity contribution in [3.8, 4) is 0 Å². The maximum atomic E-state index is 11.5. The number of rotatable bonds is 3. The van der Waals surface area contributed by atoms with Gasteiger partial charge in [0.1, 0.15) is 0 Å². The zero-order valence-electron chi connectivity index (χ0n) is 8.61. The number of nitrogens with zero attached hydrogens (tertiary/aromatic N) is 2. The van der Waals surface area contributed by atoms with Crippen molar-refractivity contribution in [3.63, 3.8) is 0 Å². The summed E-state index contributed by atoms with van der Waals surface area (Å²) in [7, 11) is 1.76. The van der Waals surface area contributed by atoms with Crippen molar-refractivity contribution in [3.05, 3.63) is 17.5 Å². The minimum absolute atomic E-state index is 0.198. The average Bonchev–Trinajstić information content (AvgIpc) is 2.41. The molecule has 78 valence electrons. The number of aliphatic hydroxyl groups excluding tert-OH is 1. The molecule has 0 bridgehead atoms. The standard InChI is InChI=1S/C9H15N3O2/c1-6(13)4-10-9(14)8-5-12(3)11-7(8)2/h5-6,13H,4H2,1-3H3,(H,10,14). The molecule has 1 unspecified atom stereocenters. The van der Waals surface area contributed by atoms with E-state index < -0.39 is 6.10 Å². The summed E-state index contributed by atoms with van der Waals surface area (Å²) in [6.07, 6.45) is 1.13. The third kappa shape index (κ3) is 2.56. The first-order valence-electron chi connectivity index (χ1n) is 4.47. The molecule has 5 heteroatoms. The first kappa shape index (κ1) is 10.7. The number of amides is 1. The van der Waals surface area contributed by atoms with Gasteiger partial charge in [0, 0.05) is 19.8 Å². The summed E-state index contributed by atoms with van der Waals surface area (Å²) < 4.78 is 1.59. The van der Waals surface area contributed by atoms with Gasteiger partial charge in [-0.25, -0.2) is 0 Å². The number of aliphatic hydroxyl groups is 1. The number of aromatic nitrogens is 2. The second-order valence-electron chi connectivity index (χ2n) is 3.36. The summed E-state index contributed by atoms with van der Waals surface area (Å²) in [5.41, 5.74) is 1.24. The molecule has 0 saturated carbocycles. The molecule has 0 aromatic carbocycles. The Hall–Kier alpha value is -1.36. The van der Waals surface area contributed by atoms with Gasteiger partial charge < -0.3 is 10.4 Å². The summed E-state index contributed by atoms with van der Waals surface area (Å²) in [5, 5.41) is 15.6. The molecule has 2 N–H and O–H groups in total. The van der Waals surface area contributed by atoms with Gasteiger partial charge in [-0.1, -0.05) is 0 Å². The molecule has 0 aliphatic rings. The lowest BCUT2D eigenvalue weighted by molar-refractivity contribution is 0.0923. The summed E-state index contributed by atoms with van der Waals surface area (Å²) in [6, 6.07) is 0. The molecule has 5 nitrogen and oxygen atoms in total. The van der Waals surface area contributed by atoms with Crippen molar-refractivity contribution >= 4 is 5.91 Å². The van der Waals surface area contributed by atoms with E-state index in [1.54, 1.807) is 31.8 Å². The number of nitrogens with one attached hydrogen (secondary N) is 1.